The molecule has 4 rings (SSSR count). The van der Waals surface area contributed by atoms with Crippen LogP contribution in [-0.2, 0) is 0 Å². The van der Waals surface area contributed by atoms with Crippen LogP contribution in [0, 0.1) is 0 Å². The summed E-state index contributed by atoms with van der Waals surface area (Å²) in [5, 5.41) is 15.4. The van der Waals surface area contributed by atoms with Gasteiger partial charge in [0.25, 0.3) is 0 Å². The first-order chi connectivity index (χ1) is 13.8. The molecule has 1 atom stereocenters. The van der Waals surface area contributed by atoms with E-state index in [2.05, 4.69) is 15.3 Å². The summed E-state index contributed by atoms with van der Waals surface area (Å²) >= 11 is 0. The van der Waals surface area contributed by atoms with Crippen LogP contribution >= 0.6 is 0 Å². The summed E-state index contributed by atoms with van der Waals surface area (Å²) in [5.41, 5.74) is 3.26. The van der Waals surface area contributed by atoms with Gasteiger partial charge in [0.1, 0.15) is 17.0 Å². The lowest BCUT2D eigenvalue weighted by Crippen LogP contribution is -2.13. The molecule has 0 unspecified atom stereocenters. The number of phenols is 1. The number of nitrogens with zero attached hydrogens (tertiary/aromatic N) is 2. The molecular formula is C23H21N3O2. The molecule has 5 heteroatoms. The van der Waals surface area contributed by atoms with E-state index in [1.807, 2.05) is 67.6 Å². The van der Waals surface area contributed by atoms with Gasteiger partial charge in [0.05, 0.1) is 12.6 Å². The number of aromatic hydroxyl groups is 1. The summed E-state index contributed by atoms with van der Waals surface area (Å²) < 4.78 is 5.52. The Hall–Kier alpha value is -3.60. The van der Waals surface area contributed by atoms with Gasteiger partial charge < -0.3 is 15.2 Å². The van der Waals surface area contributed by atoms with Gasteiger partial charge >= 0.3 is 0 Å². The number of hydrogen-bond acceptors (Lipinski definition) is 5. The van der Waals surface area contributed by atoms with E-state index in [1.165, 1.54) is 0 Å². The van der Waals surface area contributed by atoms with Crippen molar-refractivity contribution in [2.24, 2.45) is 0 Å². The van der Waals surface area contributed by atoms with E-state index < -0.39 is 0 Å². The lowest BCUT2D eigenvalue weighted by atomic mass is 9.96. The lowest BCUT2D eigenvalue weighted by molar-refractivity contribution is 0.340. The van der Waals surface area contributed by atoms with Crippen molar-refractivity contribution in [3.05, 3.63) is 90.4 Å². The fraction of sp³-hybridized carbons (Fsp3) is 0.130. The largest absolute Gasteiger partial charge is 0.505 e. The van der Waals surface area contributed by atoms with E-state index in [4.69, 9.17) is 4.74 Å². The number of nitrogens with one attached hydrogen (secondary N) is 1. The van der Waals surface area contributed by atoms with E-state index in [0.717, 1.165) is 28.0 Å². The Morgan fingerprint density at radius 2 is 1.75 bits per heavy atom. The summed E-state index contributed by atoms with van der Waals surface area (Å²) in [7, 11) is 0. The molecule has 2 N–H and O–H groups in total. The van der Waals surface area contributed by atoms with Crippen LogP contribution in [0.4, 0.5) is 5.69 Å². The van der Waals surface area contributed by atoms with Crippen molar-refractivity contribution in [3.8, 4) is 11.5 Å². The Morgan fingerprint density at radius 1 is 0.964 bits per heavy atom. The molecule has 0 aliphatic heterocycles. The minimum absolute atomic E-state index is 0.179. The number of benzene rings is 2. The zero-order valence-corrected chi connectivity index (χ0v) is 15.5. The van der Waals surface area contributed by atoms with Crippen LogP contribution in [0.15, 0.2) is 79.3 Å². The molecule has 5 nitrogen and oxygen atoms in total. The van der Waals surface area contributed by atoms with E-state index in [0.29, 0.717) is 12.1 Å². The number of anilines is 1. The van der Waals surface area contributed by atoms with Crippen LogP contribution < -0.4 is 10.1 Å². The van der Waals surface area contributed by atoms with E-state index in [-0.39, 0.29) is 11.8 Å². The molecule has 0 fully saturated rings. The SMILES string of the molecule is CCOc1ccc(N[C@H](c2ccncc2)c2ccc3cccnc3c2O)cc1. The highest BCUT2D eigenvalue weighted by atomic mass is 16.5. The summed E-state index contributed by atoms with van der Waals surface area (Å²) in [6.07, 6.45) is 5.18. The first kappa shape index (κ1) is 17.8. The van der Waals surface area contributed by atoms with Crippen LogP contribution in [0.3, 0.4) is 0 Å². The van der Waals surface area contributed by atoms with Gasteiger partial charge in [-0.2, -0.15) is 0 Å². The average molecular weight is 371 g/mol. The Kier molecular flexibility index (Phi) is 5.06. The predicted molar refractivity (Wildman–Crippen MR) is 111 cm³/mol. The standard InChI is InChI=1S/C23H21N3O2/c1-2-28-19-8-6-18(7-9-19)26-21(17-11-14-24-15-12-17)20-10-5-16-4-3-13-25-22(16)23(20)27/h3-15,21,26-27H,2H2,1H3/t21-/m1/s1. The molecule has 2 aromatic heterocycles. The molecule has 140 valence electrons. The third-order valence-electron chi connectivity index (χ3n) is 4.61. The Morgan fingerprint density at radius 3 is 2.50 bits per heavy atom. The zero-order valence-electron chi connectivity index (χ0n) is 15.5. The second-order valence-corrected chi connectivity index (χ2v) is 6.39. The van der Waals surface area contributed by atoms with Gasteiger partial charge in [0, 0.05) is 35.2 Å². The summed E-state index contributed by atoms with van der Waals surface area (Å²) in [6.45, 7) is 2.59. The molecule has 0 spiro atoms. The van der Waals surface area contributed by atoms with Crippen molar-refractivity contribution in [2.75, 3.05) is 11.9 Å². The van der Waals surface area contributed by atoms with Gasteiger partial charge in [-0.25, -0.2) is 0 Å². The predicted octanol–water partition coefficient (Wildman–Crippen LogP) is 4.94. The number of ether oxygens (including phenoxy) is 1. The molecule has 0 radical (unpaired) electrons. The van der Waals surface area contributed by atoms with Crippen molar-refractivity contribution in [1.29, 1.82) is 0 Å². The molecule has 0 amide bonds. The van der Waals surface area contributed by atoms with Crippen molar-refractivity contribution in [2.45, 2.75) is 13.0 Å². The molecular weight excluding hydrogens is 350 g/mol. The normalized spacial score (nSPS) is 11.9. The topological polar surface area (TPSA) is 67.3 Å². The van der Waals surface area contributed by atoms with E-state index in [9.17, 15) is 5.11 Å². The average Bonchev–Trinajstić information content (AvgIpc) is 2.75. The highest BCUT2D eigenvalue weighted by molar-refractivity contribution is 5.86. The minimum atomic E-state index is -0.257. The third kappa shape index (κ3) is 3.60. The molecule has 2 aromatic carbocycles. The van der Waals surface area contributed by atoms with Crippen LogP contribution in [-0.4, -0.2) is 21.7 Å². The highest BCUT2D eigenvalue weighted by Crippen LogP contribution is 2.36. The van der Waals surface area contributed by atoms with E-state index >= 15 is 0 Å². The monoisotopic (exact) mass is 371 g/mol. The van der Waals surface area contributed by atoms with Gasteiger partial charge in [-0.1, -0.05) is 18.2 Å². The maximum absolute atomic E-state index is 10.9. The molecule has 0 bridgehead atoms. The summed E-state index contributed by atoms with van der Waals surface area (Å²) in [5.74, 6) is 1.00. The highest BCUT2D eigenvalue weighted by Gasteiger charge is 2.20. The molecule has 0 saturated carbocycles. The lowest BCUT2D eigenvalue weighted by Gasteiger charge is -2.22. The number of fused-ring (bicyclic) bond motifs is 1. The molecule has 0 aliphatic carbocycles. The fourth-order valence-electron chi connectivity index (χ4n) is 3.26. The number of aromatic nitrogens is 2. The minimum Gasteiger partial charge on any atom is -0.505 e. The maximum Gasteiger partial charge on any atom is 0.147 e. The molecule has 0 saturated heterocycles. The smallest absolute Gasteiger partial charge is 0.147 e. The van der Waals surface area contributed by atoms with Gasteiger partial charge in [-0.15, -0.1) is 0 Å². The van der Waals surface area contributed by atoms with E-state index in [1.54, 1.807) is 18.6 Å². The van der Waals surface area contributed by atoms with Crippen molar-refractivity contribution >= 4 is 16.6 Å². The van der Waals surface area contributed by atoms with Crippen molar-refractivity contribution < 1.29 is 9.84 Å². The third-order valence-corrected chi connectivity index (χ3v) is 4.61. The maximum atomic E-state index is 10.9. The van der Waals surface area contributed by atoms with Crippen molar-refractivity contribution in [3.63, 3.8) is 0 Å². The van der Waals surface area contributed by atoms with Crippen molar-refractivity contribution in [1.82, 2.24) is 9.97 Å². The van der Waals surface area contributed by atoms with Crippen LogP contribution in [0.25, 0.3) is 10.9 Å². The van der Waals surface area contributed by atoms with Gasteiger partial charge in [0.15, 0.2) is 0 Å². The molecule has 4 aromatic rings. The Bertz CT molecular complexity index is 1070. The number of pyridine rings is 2. The first-order valence-corrected chi connectivity index (χ1v) is 9.22. The first-order valence-electron chi connectivity index (χ1n) is 9.22. The molecule has 28 heavy (non-hydrogen) atoms. The molecule has 0 aliphatic rings. The summed E-state index contributed by atoms with van der Waals surface area (Å²) in [6, 6.07) is 19.1. The number of phenolic OH excluding ortho intramolecular Hbond substituents is 1. The second-order valence-electron chi connectivity index (χ2n) is 6.39. The molecule has 2 heterocycles. The second kappa shape index (κ2) is 7.96. The Balaban J connectivity index is 1.75. The van der Waals surface area contributed by atoms with Crippen LogP contribution in [0.2, 0.25) is 0 Å². The quantitative estimate of drug-likeness (QED) is 0.503. The van der Waals surface area contributed by atoms with Gasteiger partial charge in [-0.05, 0) is 55.0 Å². The zero-order chi connectivity index (χ0) is 19.3. The summed E-state index contributed by atoms with van der Waals surface area (Å²) in [4.78, 5) is 8.46. The van der Waals surface area contributed by atoms with Gasteiger partial charge in [-0.3, -0.25) is 9.97 Å². The van der Waals surface area contributed by atoms with Crippen LogP contribution in [0.1, 0.15) is 24.1 Å². The Labute approximate surface area is 163 Å². The van der Waals surface area contributed by atoms with Crippen LogP contribution in [0.5, 0.6) is 11.5 Å². The van der Waals surface area contributed by atoms with Gasteiger partial charge in [0.2, 0.25) is 0 Å². The fourth-order valence-corrected chi connectivity index (χ4v) is 3.26. The number of rotatable bonds is 6. The number of hydrogen-bond donors (Lipinski definition) is 2.